The van der Waals surface area contributed by atoms with Gasteiger partial charge in [0.15, 0.2) is 0 Å². The van der Waals surface area contributed by atoms with Crippen molar-refractivity contribution in [3.05, 3.63) is 54.2 Å². The number of aromatic nitrogens is 2. The van der Waals surface area contributed by atoms with Crippen LogP contribution < -0.4 is 0 Å². The third-order valence-corrected chi connectivity index (χ3v) is 4.00. The SMILES string of the molecule is C=NCC=C1C=NC(Cn2ccnc2-c2cccc(F)c2)N1CC. The monoisotopic (exact) mass is 325 g/mol. The van der Waals surface area contributed by atoms with Gasteiger partial charge in [-0.15, -0.1) is 0 Å². The molecule has 1 aromatic heterocycles. The lowest BCUT2D eigenvalue weighted by Gasteiger charge is -2.25. The third-order valence-electron chi connectivity index (χ3n) is 4.00. The number of hydrogen-bond donors (Lipinski definition) is 0. The second-order valence-corrected chi connectivity index (χ2v) is 5.49. The summed E-state index contributed by atoms with van der Waals surface area (Å²) in [5.74, 6) is 0.476. The second-order valence-electron chi connectivity index (χ2n) is 5.49. The minimum absolute atomic E-state index is 0.00688. The van der Waals surface area contributed by atoms with Crippen molar-refractivity contribution >= 4 is 12.9 Å². The number of allylic oxidation sites excluding steroid dienone is 1. The predicted molar refractivity (Wildman–Crippen MR) is 94.8 cm³/mol. The van der Waals surface area contributed by atoms with Crippen molar-refractivity contribution in [2.75, 3.05) is 13.1 Å². The first-order chi connectivity index (χ1) is 11.7. The van der Waals surface area contributed by atoms with Crippen molar-refractivity contribution < 1.29 is 4.39 Å². The Morgan fingerprint density at radius 3 is 3.04 bits per heavy atom. The summed E-state index contributed by atoms with van der Waals surface area (Å²) in [6, 6.07) is 6.48. The van der Waals surface area contributed by atoms with Gasteiger partial charge in [-0.2, -0.15) is 0 Å². The quantitative estimate of drug-likeness (QED) is 0.767. The summed E-state index contributed by atoms with van der Waals surface area (Å²) in [7, 11) is 0. The maximum atomic E-state index is 13.5. The van der Waals surface area contributed by atoms with Gasteiger partial charge in [0.25, 0.3) is 0 Å². The van der Waals surface area contributed by atoms with Gasteiger partial charge >= 0.3 is 0 Å². The van der Waals surface area contributed by atoms with Crippen molar-refractivity contribution in [2.45, 2.75) is 19.6 Å². The molecule has 0 N–H and O–H groups in total. The Morgan fingerprint density at radius 2 is 2.29 bits per heavy atom. The van der Waals surface area contributed by atoms with Crippen LogP contribution in [0, 0.1) is 5.82 Å². The molecule has 1 atom stereocenters. The second kappa shape index (κ2) is 7.21. The summed E-state index contributed by atoms with van der Waals surface area (Å²) in [4.78, 5) is 15.0. The molecule has 24 heavy (non-hydrogen) atoms. The lowest BCUT2D eigenvalue weighted by atomic mass is 10.2. The van der Waals surface area contributed by atoms with Crippen LogP contribution in [-0.2, 0) is 6.54 Å². The highest BCUT2D eigenvalue weighted by atomic mass is 19.1. The summed E-state index contributed by atoms with van der Waals surface area (Å²) in [6.45, 7) is 7.67. The van der Waals surface area contributed by atoms with Crippen LogP contribution in [0.5, 0.6) is 0 Å². The molecule has 2 aromatic rings. The lowest BCUT2D eigenvalue weighted by Crippen LogP contribution is -2.32. The molecule has 3 rings (SSSR count). The van der Waals surface area contributed by atoms with E-state index in [1.54, 1.807) is 12.3 Å². The number of imidazole rings is 1. The summed E-state index contributed by atoms with van der Waals surface area (Å²) < 4.78 is 15.5. The zero-order chi connectivity index (χ0) is 16.9. The third kappa shape index (κ3) is 3.27. The van der Waals surface area contributed by atoms with Gasteiger partial charge in [0, 0.05) is 30.7 Å². The van der Waals surface area contributed by atoms with Gasteiger partial charge in [0.05, 0.1) is 18.8 Å². The highest BCUT2D eigenvalue weighted by molar-refractivity contribution is 5.80. The van der Waals surface area contributed by atoms with Crippen LogP contribution in [0.1, 0.15) is 6.92 Å². The van der Waals surface area contributed by atoms with Gasteiger partial charge in [-0.1, -0.05) is 12.1 Å². The molecule has 1 aromatic carbocycles. The maximum Gasteiger partial charge on any atom is 0.140 e. The van der Waals surface area contributed by atoms with Crippen LogP contribution in [0.3, 0.4) is 0 Å². The normalized spacial score (nSPS) is 18.5. The van der Waals surface area contributed by atoms with Gasteiger partial charge in [-0.3, -0.25) is 9.98 Å². The molecule has 1 aliphatic heterocycles. The molecule has 0 fully saturated rings. The van der Waals surface area contributed by atoms with Crippen LogP contribution in [0.15, 0.2) is 58.4 Å². The molecule has 0 amide bonds. The Kier molecular flexibility index (Phi) is 4.84. The summed E-state index contributed by atoms with van der Waals surface area (Å²) in [6.07, 6.45) is 7.51. The van der Waals surface area contributed by atoms with Gasteiger partial charge in [0.1, 0.15) is 17.8 Å². The fourth-order valence-electron chi connectivity index (χ4n) is 2.88. The van der Waals surface area contributed by atoms with E-state index in [0.717, 1.165) is 23.6 Å². The summed E-state index contributed by atoms with van der Waals surface area (Å²) in [5, 5.41) is 0. The molecule has 0 spiro atoms. The molecule has 5 nitrogen and oxygen atoms in total. The number of nitrogens with zero attached hydrogens (tertiary/aromatic N) is 5. The van der Waals surface area contributed by atoms with Crippen LogP contribution >= 0.6 is 0 Å². The van der Waals surface area contributed by atoms with E-state index in [4.69, 9.17) is 0 Å². The number of halogens is 1. The van der Waals surface area contributed by atoms with Crippen LogP contribution in [0.25, 0.3) is 11.4 Å². The van der Waals surface area contributed by atoms with E-state index in [1.165, 1.54) is 12.1 Å². The largest absolute Gasteiger partial charge is 0.347 e. The number of likely N-dealkylation sites (N-methyl/N-ethyl adjacent to an activating group) is 1. The molecule has 0 bridgehead atoms. The molecule has 124 valence electrons. The fraction of sp³-hybridized carbons (Fsp3) is 0.278. The van der Waals surface area contributed by atoms with Gasteiger partial charge in [-0.25, -0.2) is 9.37 Å². The van der Waals surface area contributed by atoms with Gasteiger partial charge < -0.3 is 9.47 Å². The first-order valence-corrected chi connectivity index (χ1v) is 7.92. The number of benzene rings is 1. The van der Waals surface area contributed by atoms with Crippen LogP contribution in [0.2, 0.25) is 0 Å². The minimum atomic E-state index is -0.265. The van der Waals surface area contributed by atoms with Gasteiger partial charge in [0.2, 0.25) is 0 Å². The topological polar surface area (TPSA) is 45.8 Å². The minimum Gasteiger partial charge on any atom is -0.347 e. The van der Waals surface area contributed by atoms with Crippen molar-refractivity contribution in [3.8, 4) is 11.4 Å². The summed E-state index contributed by atoms with van der Waals surface area (Å²) >= 11 is 0. The first kappa shape index (κ1) is 16.1. The average molecular weight is 325 g/mol. The van der Waals surface area contributed by atoms with E-state index in [2.05, 4.69) is 33.5 Å². The molecular formula is C18H20FN5. The number of hydrogen-bond acceptors (Lipinski definition) is 4. The standard InChI is InChI=1S/C18H20FN5/c1-3-24-16(7-8-20-2)12-22-17(24)13-23-10-9-21-18(23)14-5-4-6-15(19)11-14/h4-7,9-12,17H,2-3,8,13H2,1H3. The molecule has 6 heteroatoms. The zero-order valence-electron chi connectivity index (χ0n) is 13.6. The molecule has 2 heterocycles. The van der Waals surface area contributed by atoms with Crippen molar-refractivity contribution in [1.82, 2.24) is 14.5 Å². The predicted octanol–water partition coefficient (Wildman–Crippen LogP) is 3.01. The van der Waals surface area contributed by atoms with E-state index in [1.807, 2.05) is 29.1 Å². The molecular weight excluding hydrogens is 305 g/mol. The molecule has 1 unspecified atom stereocenters. The Morgan fingerprint density at radius 1 is 1.42 bits per heavy atom. The van der Waals surface area contributed by atoms with E-state index >= 15 is 0 Å². The van der Waals surface area contributed by atoms with Crippen molar-refractivity contribution in [1.29, 1.82) is 0 Å². The van der Waals surface area contributed by atoms with Crippen molar-refractivity contribution in [2.24, 2.45) is 9.98 Å². The number of rotatable bonds is 6. The van der Waals surface area contributed by atoms with E-state index in [9.17, 15) is 4.39 Å². The Hall–Kier alpha value is -2.76. The number of aliphatic imine (C=N–C) groups is 2. The Balaban J connectivity index is 1.82. The van der Waals surface area contributed by atoms with Crippen molar-refractivity contribution in [3.63, 3.8) is 0 Å². The van der Waals surface area contributed by atoms with Crippen LogP contribution in [0.4, 0.5) is 4.39 Å². The summed E-state index contributed by atoms with van der Waals surface area (Å²) in [5.41, 5.74) is 1.82. The first-order valence-electron chi connectivity index (χ1n) is 7.92. The maximum absolute atomic E-state index is 13.5. The molecule has 0 saturated heterocycles. The lowest BCUT2D eigenvalue weighted by molar-refractivity contribution is 0.275. The molecule has 0 aliphatic carbocycles. The Bertz CT molecular complexity index is 777. The molecule has 0 saturated carbocycles. The fourth-order valence-corrected chi connectivity index (χ4v) is 2.88. The van der Waals surface area contributed by atoms with E-state index in [-0.39, 0.29) is 12.0 Å². The average Bonchev–Trinajstić information content (AvgIpc) is 3.20. The smallest absolute Gasteiger partial charge is 0.140 e. The van der Waals surface area contributed by atoms with Crippen LogP contribution in [-0.4, -0.2) is 46.6 Å². The molecule has 0 radical (unpaired) electrons. The van der Waals surface area contributed by atoms with Gasteiger partial charge in [-0.05, 0) is 31.9 Å². The van der Waals surface area contributed by atoms with E-state index < -0.39 is 0 Å². The highest BCUT2D eigenvalue weighted by Crippen LogP contribution is 2.22. The van der Waals surface area contributed by atoms with E-state index in [0.29, 0.717) is 13.1 Å². The zero-order valence-corrected chi connectivity index (χ0v) is 13.6. The molecule has 1 aliphatic rings. The highest BCUT2D eigenvalue weighted by Gasteiger charge is 2.24. The Labute approximate surface area is 140 Å².